The predicted octanol–water partition coefficient (Wildman–Crippen LogP) is 5.44. The number of rotatable bonds is 4. The van der Waals surface area contributed by atoms with Crippen LogP contribution in [0.15, 0.2) is 24.3 Å². The van der Waals surface area contributed by atoms with Crippen molar-refractivity contribution in [3.05, 3.63) is 44.4 Å². The molecule has 27 heavy (non-hydrogen) atoms. The van der Waals surface area contributed by atoms with E-state index in [2.05, 4.69) is 5.32 Å². The highest BCUT2D eigenvalue weighted by atomic mass is 35.5. The van der Waals surface area contributed by atoms with Crippen molar-refractivity contribution >= 4 is 63.7 Å². The molecular formula is C17H15Cl4N3O3. The molecule has 2 aromatic carbocycles. The first-order valence-corrected chi connectivity index (χ1v) is 8.73. The zero-order valence-corrected chi connectivity index (χ0v) is 17.3. The zero-order chi connectivity index (χ0) is 20.6. The standard InChI is InChI=1S/C10H8Cl2N2O2.C7H7Cl2NO/c1-16-9-5-8(6(11)4-7(9)12)14-10(15)2-3-13;1-11-7-3-6(10)4(8)2-5(7)9/h4-5H,2H2,1H3,(H,14,15);2-3H,10H2,1H3. The normalized spacial score (nSPS) is 9.52. The molecule has 0 aliphatic heterocycles. The van der Waals surface area contributed by atoms with Crippen LogP contribution in [-0.4, -0.2) is 20.1 Å². The molecule has 3 N–H and O–H groups in total. The Hall–Kier alpha value is -2.04. The van der Waals surface area contributed by atoms with Gasteiger partial charge in [-0.2, -0.15) is 5.26 Å². The van der Waals surface area contributed by atoms with Crippen molar-refractivity contribution in [1.29, 1.82) is 5.26 Å². The smallest absolute Gasteiger partial charge is 0.238 e. The van der Waals surface area contributed by atoms with Crippen LogP contribution in [0, 0.1) is 11.3 Å². The van der Waals surface area contributed by atoms with E-state index in [4.69, 9.17) is 66.9 Å². The Morgan fingerprint density at radius 2 is 1.52 bits per heavy atom. The van der Waals surface area contributed by atoms with E-state index < -0.39 is 5.91 Å². The Morgan fingerprint density at radius 1 is 1.00 bits per heavy atom. The lowest BCUT2D eigenvalue weighted by atomic mass is 10.3. The number of nitrogens with two attached hydrogens (primary N) is 1. The highest BCUT2D eigenvalue weighted by Crippen LogP contribution is 2.34. The highest BCUT2D eigenvalue weighted by Gasteiger charge is 2.10. The van der Waals surface area contributed by atoms with E-state index in [0.717, 1.165) is 0 Å². The quantitative estimate of drug-likeness (QED) is 0.604. The molecule has 0 heterocycles. The molecule has 144 valence electrons. The number of hydrogen-bond donors (Lipinski definition) is 2. The van der Waals surface area contributed by atoms with E-state index in [1.54, 1.807) is 18.2 Å². The molecule has 0 fully saturated rings. The lowest BCUT2D eigenvalue weighted by molar-refractivity contribution is -0.115. The van der Waals surface area contributed by atoms with Crippen LogP contribution in [0.3, 0.4) is 0 Å². The van der Waals surface area contributed by atoms with Gasteiger partial charge in [0.15, 0.2) is 0 Å². The van der Waals surface area contributed by atoms with Gasteiger partial charge in [0, 0.05) is 12.1 Å². The van der Waals surface area contributed by atoms with Gasteiger partial charge in [-0.05, 0) is 12.1 Å². The van der Waals surface area contributed by atoms with Gasteiger partial charge in [0.25, 0.3) is 0 Å². The second-order valence-electron chi connectivity index (χ2n) is 4.86. The molecule has 0 spiro atoms. The molecule has 1 amide bonds. The number of halogens is 4. The monoisotopic (exact) mass is 449 g/mol. The fourth-order valence-electron chi connectivity index (χ4n) is 1.75. The fourth-order valence-corrected chi connectivity index (χ4v) is 2.72. The Bertz CT molecular complexity index is 869. The van der Waals surface area contributed by atoms with Crippen molar-refractivity contribution in [2.75, 3.05) is 25.3 Å². The van der Waals surface area contributed by atoms with E-state index in [1.165, 1.54) is 26.4 Å². The summed E-state index contributed by atoms with van der Waals surface area (Å²) in [5.41, 5.74) is 6.32. The fraction of sp³-hybridized carbons (Fsp3) is 0.176. The second kappa shape index (κ2) is 11.0. The third kappa shape index (κ3) is 6.89. The Kier molecular flexibility index (Phi) is 9.33. The van der Waals surface area contributed by atoms with Crippen molar-refractivity contribution < 1.29 is 14.3 Å². The molecule has 6 nitrogen and oxygen atoms in total. The summed E-state index contributed by atoms with van der Waals surface area (Å²) in [7, 11) is 2.98. The molecule has 0 saturated carbocycles. The van der Waals surface area contributed by atoms with E-state index in [9.17, 15) is 4.79 Å². The van der Waals surface area contributed by atoms with Gasteiger partial charge in [0.2, 0.25) is 5.91 Å². The minimum absolute atomic E-state index is 0.235. The van der Waals surface area contributed by atoms with Crippen molar-refractivity contribution in [2.24, 2.45) is 0 Å². The number of nitrogen functional groups attached to an aromatic ring is 1. The molecule has 0 saturated heterocycles. The molecule has 0 radical (unpaired) electrons. The molecule has 0 aromatic heterocycles. The molecular weight excluding hydrogens is 436 g/mol. The number of anilines is 2. The van der Waals surface area contributed by atoms with Crippen molar-refractivity contribution in [2.45, 2.75) is 6.42 Å². The summed E-state index contributed by atoms with van der Waals surface area (Å²) < 4.78 is 9.89. The van der Waals surface area contributed by atoms with Gasteiger partial charge in [-0.25, -0.2) is 0 Å². The van der Waals surface area contributed by atoms with Crippen LogP contribution in [0.1, 0.15) is 6.42 Å². The molecule has 2 aromatic rings. The summed E-state index contributed by atoms with van der Waals surface area (Å²) in [5.74, 6) is 0.501. The zero-order valence-electron chi connectivity index (χ0n) is 14.3. The average molecular weight is 451 g/mol. The number of amides is 1. The summed E-state index contributed by atoms with van der Waals surface area (Å²) in [5, 5.41) is 12.4. The van der Waals surface area contributed by atoms with Crippen molar-refractivity contribution in [3.63, 3.8) is 0 Å². The van der Waals surface area contributed by atoms with Gasteiger partial charge in [-0.3, -0.25) is 4.79 Å². The number of nitriles is 1. The summed E-state index contributed by atoms with van der Waals surface area (Å²) in [6.07, 6.45) is -0.235. The Labute approximate surface area is 176 Å². The number of benzene rings is 2. The van der Waals surface area contributed by atoms with Gasteiger partial charge >= 0.3 is 0 Å². The van der Waals surface area contributed by atoms with Crippen molar-refractivity contribution in [1.82, 2.24) is 0 Å². The van der Waals surface area contributed by atoms with Gasteiger partial charge in [0.1, 0.15) is 17.9 Å². The largest absolute Gasteiger partial charge is 0.495 e. The maximum absolute atomic E-state index is 11.2. The molecule has 0 atom stereocenters. The third-order valence-electron chi connectivity index (χ3n) is 3.03. The van der Waals surface area contributed by atoms with Crippen LogP contribution in [0.2, 0.25) is 20.1 Å². The topological polar surface area (TPSA) is 97.4 Å². The summed E-state index contributed by atoms with van der Waals surface area (Å²) in [6, 6.07) is 7.84. The first kappa shape index (κ1) is 23.0. The van der Waals surface area contributed by atoms with Crippen LogP contribution >= 0.6 is 46.4 Å². The maximum atomic E-state index is 11.2. The van der Waals surface area contributed by atoms with E-state index in [0.29, 0.717) is 37.9 Å². The molecule has 0 unspecified atom stereocenters. The lowest BCUT2D eigenvalue weighted by Crippen LogP contribution is -2.10. The van der Waals surface area contributed by atoms with Gasteiger partial charge < -0.3 is 20.5 Å². The molecule has 2 rings (SSSR count). The summed E-state index contributed by atoms with van der Waals surface area (Å²) >= 11 is 23.1. The van der Waals surface area contributed by atoms with Crippen LogP contribution in [-0.2, 0) is 4.79 Å². The van der Waals surface area contributed by atoms with Crippen LogP contribution < -0.4 is 20.5 Å². The molecule has 0 aliphatic rings. The van der Waals surface area contributed by atoms with E-state index in [-0.39, 0.29) is 11.4 Å². The highest BCUT2D eigenvalue weighted by molar-refractivity contribution is 6.38. The Morgan fingerprint density at radius 3 is 2.04 bits per heavy atom. The number of carbonyl (C=O) groups is 1. The first-order valence-electron chi connectivity index (χ1n) is 7.21. The minimum Gasteiger partial charge on any atom is -0.495 e. The SMILES string of the molecule is COc1cc(N)c(Cl)cc1Cl.COc1cc(NC(=O)CC#N)c(Cl)cc1Cl. The number of hydrogen-bond acceptors (Lipinski definition) is 5. The van der Waals surface area contributed by atoms with Gasteiger partial charge in [-0.15, -0.1) is 0 Å². The molecule has 0 aliphatic carbocycles. The minimum atomic E-state index is -0.436. The van der Waals surface area contributed by atoms with Crippen LogP contribution in [0.25, 0.3) is 0 Å². The van der Waals surface area contributed by atoms with Gasteiger partial charge in [0.05, 0.1) is 51.8 Å². The number of nitrogens with one attached hydrogen (secondary N) is 1. The number of ether oxygens (including phenoxy) is 2. The average Bonchev–Trinajstić information content (AvgIpc) is 2.61. The number of methoxy groups -OCH3 is 2. The molecule has 0 bridgehead atoms. The molecule has 10 heteroatoms. The van der Waals surface area contributed by atoms with Crippen molar-refractivity contribution in [3.8, 4) is 17.6 Å². The predicted molar refractivity (Wildman–Crippen MR) is 109 cm³/mol. The number of nitrogens with zero attached hydrogens (tertiary/aromatic N) is 1. The third-order valence-corrected chi connectivity index (χ3v) is 4.26. The van der Waals surface area contributed by atoms with Gasteiger partial charge in [-0.1, -0.05) is 46.4 Å². The summed E-state index contributed by atoms with van der Waals surface area (Å²) in [6.45, 7) is 0. The van der Waals surface area contributed by atoms with Crippen LogP contribution in [0.5, 0.6) is 11.5 Å². The second-order valence-corrected chi connectivity index (χ2v) is 6.49. The van der Waals surface area contributed by atoms with E-state index in [1.807, 2.05) is 0 Å². The lowest BCUT2D eigenvalue weighted by Gasteiger charge is -2.09. The summed E-state index contributed by atoms with van der Waals surface area (Å²) in [4.78, 5) is 11.2. The maximum Gasteiger partial charge on any atom is 0.238 e. The Balaban J connectivity index is 0.000000289. The van der Waals surface area contributed by atoms with E-state index >= 15 is 0 Å². The number of carbonyl (C=O) groups excluding carboxylic acids is 1. The first-order chi connectivity index (χ1) is 12.7. The van der Waals surface area contributed by atoms with Crippen LogP contribution in [0.4, 0.5) is 11.4 Å².